The number of imidazole rings is 2. The van der Waals surface area contributed by atoms with Crippen LogP contribution in [-0.2, 0) is 21.1 Å². The number of aromatic nitrogens is 4. The molecule has 5 heterocycles. The van der Waals surface area contributed by atoms with Crippen LogP contribution < -0.4 is 37.5 Å². The Hall–Kier alpha value is -6.42. The van der Waals surface area contributed by atoms with Crippen LogP contribution in [0.25, 0.3) is 54.6 Å². The third-order valence-corrected chi connectivity index (χ3v) is 14.6. The molecule has 0 radical (unpaired) electrons. The number of pyridine rings is 2. The topological polar surface area (TPSA) is 43.8 Å². The van der Waals surface area contributed by atoms with Crippen LogP contribution in [0.4, 0.5) is 0 Å². The van der Waals surface area contributed by atoms with Gasteiger partial charge in [0.1, 0.15) is 0 Å². The van der Waals surface area contributed by atoms with Gasteiger partial charge in [-0.25, -0.2) is 0 Å². The number of benzene rings is 7. The Morgan fingerprint density at radius 3 is 1.47 bits per heavy atom. The molecule has 12 rings (SSSR count). The van der Waals surface area contributed by atoms with Crippen LogP contribution in [0.1, 0.15) is 101 Å². The van der Waals surface area contributed by atoms with E-state index in [9.17, 15) is 0 Å². The molecule has 0 bridgehead atoms. The van der Waals surface area contributed by atoms with Crippen molar-refractivity contribution in [1.29, 1.82) is 0 Å². The van der Waals surface area contributed by atoms with Crippen LogP contribution in [0.2, 0.25) is 0 Å². The molecule has 0 unspecified atom stereocenters. The number of para-hydroxylation sites is 2. The Labute approximate surface area is 414 Å². The molecule has 0 amide bonds. The molecule has 68 heavy (non-hydrogen) atoms. The van der Waals surface area contributed by atoms with Gasteiger partial charge in [-0.05, 0) is 57.7 Å². The molecule has 0 N–H and O–H groups in total. The van der Waals surface area contributed by atoms with Gasteiger partial charge in [0.25, 0.3) is 0 Å². The predicted octanol–water partition coefficient (Wildman–Crippen LogP) is 10.8. The second-order valence-electron chi connectivity index (χ2n) is 19.8. The van der Waals surface area contributed by atoms with Crippen LogP contribution in [-0.4, -0.2) is 32.2 Å². The van der Waals surface area contributed by atoms with Crippen LogP contribution in [0.15, 0.2) is 146 Å². The molecular weight excluding hydrogens is 1010 g/mol. The van der Waals surface area contributed by atoms with Gasteiger partial charge in [0, 0.05) is 47.3 Å². The minimum atomic E-state index is -0.180. The van der Waals surface area contributed by atoms with Crippen molar-refractivity contribution in [3.8, 4) is 11.5 Å². The summed E-state index contributed by atoms with van der Waals surface area (Å²) in [5, 5.41) is 6.43. The van der Waals surface area contributed by atoms with E-state index in [4.69, 9.17) is 14.7 Å². The number of ether oxygens (including phenoxy) is 1. The molecule has 0 saturated carbocycles. The summed E-state index contributed by atoms with van der Waals surface area (Å²) in [5.41, 5.74) is 17.2. The second-order valence-corrected chi connectivity index (χ2v) is 19.8. The van der Waals surface area contributed by atoms with Gasteiger partial charge in [-0.3, -0.25) is 9.97 Å². The van der Waals surface area contributed by atoms with Crippen LogP contribution in [0.3, 0.4) is 0 Å². The molecule has 334 valence electrons. The molecule has 4 aromatic heterocycles. The molecule has 0 saturated heterocycles. The largest absolute Gasteiger partial charge is 2.00 e. The Morgan fingerprint density at radius 2 is 0.926 bits per heavy atom. The molecule has 8 heteroatoms. The van der Waals surface area contributed by atoms with Gasteiger partial charge in [0.15, 0.2) is 6.71 Å². The van der Waals surface area contributed by atoms with E-state index in [1.807, 2.05) is 18.6 Å². The molecular formula is C60H52B2N4OPt. The number of hydrogen-bond acceptors (Lipinski definition) is 3. The molecule has 0 spiro atoms. The van der Waals surface area contributed by atoms with E-state index < -0.39 is 0 Å². The van der Waals surface area contributed by atoms with Crippen LogP contribution >= 0.6 is 0 Å². The normalized spacial score (nSPS) is 12.8. The fourth-order valence-corrected chi connectivity index (χ4v) is 11.8. The first kappa shape index (κ1) is 44.1. The maximum atomic E-state index is 7.59. The second kappa shape index (κ2) is 17.0. The summed E-state index contributed by atoms with van der Waals surface area (Å²) >= 11 is 0. The zero-order valence-electron chi connectivity index (χ0n) is 39.8. The fourth-order valence-electron chi connectivity index (χ4n) is 11.8. The van der Waals surface area contributed by atoms with Crippen molar-refractivity contribution >= 4 is 101 Å². The van der Waals surface area contributed by atoms with E-state index in [0.29, 0.717) is 11.5 Å². The zero-order valence-corrected chi connectivity index (χ0v) is 42.1. The first-order chi connectivity index (χ1) is 32.6. The van der Waals surface area contributed by atoms with Crippen molar-refractivity contribution in [3.05, 3.63) is 181 Å². The summed E-state index contributed by atoms with van der Waals surface area (Å²) in [6.07, 6.45) is 7.90. The number of nitrogens with zero attached hydrogens (tertiary/aromatic N) is 4. The Morgan fingerprint density at radius 1 is 0.456 bits per heavy atom. The van der Waals surface area contributed by atoms with Crippen molar-refractivity contribution in [1.82, 2.24) is 18.8 Å². The van der Waals surface area contributed by atoms with E-state index in [2.05, 4.69) is 204 Å². The van der Waals surface area contributed by atoms with E-state index in [1.165, 1.54) is 60.3 Å². The minimum Gasteiger partial charge on any atom is -0.497 e. The standard InChI is InChI=1S/C60H52B2N4O.Pt/c1-35(2)40-19-15-20-41(36(3)4)55(40)61-49-23-11-12-24-50(49)62(56-42(37(5)6)21-16-22-43(56)38(7)8)58-54-46-18-10-14-26-52(46)66-32-30-64-60(66)48(54)34-53(57(58)61)67-39-27-28-44-45-17-9-13-25-51(45)65-31-29-63-59(65)47(44)33-39;/h9-32,35-38H,1-8H3;/q-2;+2. The predicted molar refractivity (Wildman–Crippen MR) is 283 cm³/mol. The first-order valence-corrected chi connectivity index (χ1v) is 24.1. The van der Waals surface area contributed by atoms with Gasteiger partial charge in [0.05, 0.1) is 11.3 Å². The molecule has 1 aliphatic heterocycles. The van der Waals surface area contributed by atoms with Gasteiger partial charge in [0.2, 0.25) is 6.71 Å². The van der Waals surface area contributed by atoms with Crippen molar-refractivity contribution in [3.63, 3.8) is 0 Å². The number of rotatable bonds is 8. The summed E-state index contributed by atoms with van der Waals surface area (Å²) in [5.74, 6) is 2.43. The van der Waals surface area contributed by atoms with Gasteiger partial charge in [-0.2, -0.15) is 0 Å². The van der Waals surface area contributed by atoms with Gasteiger partial charge in [-0.15, -0.1) is 22.4 Å². The molecule has 11 aromatic rings. The third-order valence-electron chi connectivity index (χ3n) is 14.6. The van der Waals surface area contributed by atoms with Crippen molar-refractivity contribution in [2.45, 2.75) is 79.1 Å². The summed E-state index contributed by atoms with van der Waals surface area (Å²) in [6.45, 7) is 18.4. The summed E-state index contributed by atoms with van der Waals surface area (Å²) in [7, 11) is 0. The molecule has 7 aromatic carbocycles. The third kappa shape index (κ3) is 6.63. The van der Waals surface area contributed by atoms with Crippen LogP contribution in [0.5, 0.6) is 11.5 Å². The average Bonchev–Trinajstić information content (AvgIpc) is 4.05. The van der Waals surface area contributed by atoms with Crippen LogP contribution in [0, 0.1) is 12.1 Å². The van der Waals surface area contributed by atoms with Gasteiger partial charge < -0.3 is 13.5 Å². The minimum absolute atomic E-state index is 0. The van der Waals surface area contributed by atoms with E-state index in [1.54, 1.807) is 0 Å². The molecule has 1 aliphatic rings. The van der Waals surface area contributed by atoms with E-state index in [0.717, 1.165) is 49.3 Å². The Bertz CT molecular complexity index is 3740. The smallest absolute Gasteiger partial charge is 0.497 e. The van der Waals surface area contributed by atoms with Gasteiger partial charge in [-0.1, -0.05) is 220 Å². The van der Waals surface area contributed by atoms with Crippen molar-refractivity contribution in [2.24, 2.45) is 0 Å². The molecule has 0 fully saturated rings. The van der Waals surface area contributed by atoms with E-state index >= 15 is 0 Å². The molecule has 0 atom stereocenters. The molecule has 0 aliphatic carbocycles. The maximum Gasteiger partial charge on any atom is 2.00 e. The zero-order chi connectivity index (χ0) is 45.8. The van der Waals surface area contributed by atoms with Crippen molar-refractivity contribution < 1.29 is 25.8 Å². The monoisotopic (exact) mass is 1060 g/mol. The van der Waals surface area contributed by atoms with E-state index in [-0.39, 0.29) is 58.2 Å². The average molecular weight is 1060 g/mol. The quantitative estimate of drug-likeness (QED) is 0.0865. The summed E-state index contributed by atoms with van der Waals surface area (Å²) in [4.78, 5) is 10.0. The SMILES string of the molecule is CC(C)c1cccc(C(C)C)c1B1c2ccccc2B(c2c(C(C)C)cccc2C(C)C)c2c1c(Oc1[c-]c3c(cc1)c1ccccc1n1ccnc31)[c-]c1c2c2ccccc2n2ccnc12.[Pt+2]. The maximum absolute atomic E-state index is 7.59. The first-order valence-electron chi connectivity index (χ1n) is 24.1. The molecule has 5 nitrogen and oxygen atoms in total. The van der Waals surface area contributed by atoms with Gasteiger partial charge >= 0.3 is 21.1 Å². The summed E-state index contributed by atoms with van der Waals surface area (Å²) < 4.78 is 12.0. The number of fused-ring (bicyclic) bond motifs is 15. The number of hydrogen-bond donors (Lipinski definition) is 0. The summed E-state index contributed by atoms with van der Waals surface area (Å²) in [6, 6.07) is 52.8. The fraction of sp³-hybridized carbons (Fsp3) is 0.200. The van der Waals surface area contributed by atoms with Crippen molar-refractivity contribution in [2.75, 3.05) is 0 Å². The Kier molecular flexibility index (Phi) is 11.0. The Balaban J connectivity index is 0.00000507.